The van der Waals surface area contributed by atoms with Gasteiger partial charge in [-0.05, 0) is 13.8 Å². The fraction of sp³-hybridized carbons (Fsp3) is 0.417. The lowest BCUT2D eigenvalue weighted by Gasteiger charge is -2.23. The number of allylic oxidation sites excluding steroid dienone is 2. The predicted octanol–water partition coefficient (Wildman–Crippen LogP) is -0.0850. The summed E-state index contributed by atoms with van der Waals surface area (Å²) in [6.07, 6.45) is 0.268. The molecule has 1 N–H and O–H groups in total. The molecule has 0 atom stereocenters. The fourth-order valence-corrected chi connectivity index (χ4v) is 2.18. The van der Waals surface area contributed by atoms with Crippen molar-refractivity contribution in [3.63, 3.8) is 0 Å². The first-order chi connectivity index (χ1) is 8.34. The maximum atomic E-state index is 12.0. The van der Waals surface area contributed by atoms with E-state index in [2.05, 4.69) is 5.32 Å². The zero-order valence-corrected chi connectivity index (χ0v) is 10.8. The van der Waals surface area contributed by atoms with E-state index in [1.54, 1.807) is 14.0 Å². The minimum Gasteiger partial charge on any atom is -0.345 e. The number of carbonyl (C=O) groups excluding carboxylic acids is 1. The second-order valence-corrected chi connectivity index (χ2v) is 4.49. The van der Waals surface area contributed by atoms with E-state index in [0.29, 0.717) is 22.7 Å². The summed E-state index contributed by atoms with van der Waals surface area (Å²) in [5.41, 5.74) is 0.990. The first-order valence-electron chi connectivity index (χ1n) is 5.61. The van der Waals surface area contributed by atoms with Crippen LogP contribution in [0.4, 0.5) is 5.82 Å². The number of Topliss-reactive ketones (excluding diaryl/α,β-unsaturated/α-hetero) is 1. The molecule has 2 rings (SSSR count). The summed E-state index contributed by atoms with van der Waals surface area (Å²) in [6, 6.07) is 0. The van der Waals surface area contributed by atoms with Crippen LogP contribution in [0.3, 0.4) is 0 Å². The zero-order chi connectivity index (χ0) is 13.6. The van der Waals surface area contributed by atoms with Gasteiger partial charge in [0.05, 0.1) is 5.56 Å². The van der Waals surface area contributed by atoms with Crippen molar-refractivity contribution in [1.29, 1.82) is 0 Å². The van der Waals surface area contributed by atoms with Crippen LogP contribution in [-0.4, -0.2) is 14.9 Å². The minimum atomic E-state index is -0.384. The second-order valence-electron chi connectivity index (χ2n) is 4.49. The average molecular weight is 249 g/mol. The Morgan fingerprint density at radius 3 is 2.39 bits per heavy atom. The van der Waals surface area contributed by atoms with E-state index in [1.807, 2.05) is 0 Å². The Morgan fingerprint density at radius 1 is 1.22 bits per heavy atom. The van der Waals surface area contributed by atoms with Crippen LogP contribution < -0.4 is 16.6 Å². The molecule has 1 aromatic rings. The normalized spacial score (nSPS) is 14.2. The molecule has 0 radical (unpaired) electrons. The van der Waals surface area contributed by atoms with Crippen molar-refractivity contribution in [2.24, 2.45) is 14.1 Å². The van der Waals surface area contributed by atoms with Gasteiger partial charge in [0.1, 0.15) is 5.82 Å². The number of rotatable bonds is 1. The van der Waals surface area contributed by atoms with Gasteiger partial charge in [0.2, 0.25) is 0 Å². The fourth-order valence-electron chi connectivity index (χ4n) is 2.18. The van der Waals surface area contributed by atoms with Crippen molar-refractivity contribution >= 4 is 11.6 Å². The van der Waals surface area contributed by atoms with Crippen LogP contribution in [0, 0.1) is 0 Å². The van der Waals surface area contributed by atoms with Gasteiger partial charge in [-0.15, -0.1) is 0 Å². The standard InChI is InChI=1S/C12H15N3O3/c1-6-8(7(2)16)5-9-10(13-6)14(3)12(18)15(4)11(9)17/h13H,5H2,1-4H3. The van der Waals surface area contributed by atoms with Crippen LogP contribution in [0.25, 0.3) is 0 Å². The molecular weight excluding hydrogens is 234 g/mol. The summed E-state index contributed by atoms with van der Waals surface area (Å²) < 4.78 is 2.44. The molecule has 0 amide bonds. The van der Waals surface area contributed by atoms with E-state index < -0.39 is 0 Å². The molecule has 0 bridgehead atoms. The van der Waals surface area contributed by atoms with Crippen molar-refractivity contribution in [3.05, 3.63) is 37.7 Å². The van der Waals surface area contributed by atoms with Gasteiger partial charge in [0.25, 0.3) is 5.56 Å². The highest BCUT2D eigenvalue weighted by atomic mass is 16.2. The smallest absolute Gasteiger partial charge is 0.332 e. The lowest BCUT2D eigenvalue weighted by Crippen LogP contribution is -2.41. The first-order valence-corrected chi connectivity index (χ1v) is 5.61. The molecule has 0 saturated carbocycles. The largest absolute Gasteiger partial charge is 0.345 e. The number of ketones is 1. The van der Waals surface area contributed by atoms with Crippen LogP contribution in [0.5, 0.6) is 0 Å². The number of hydrogen-bond donors (Lipinski definition) is 1. The number of fused-ring (bicyclic) bond motifs is 1. The highest BCUT2D eigenvalue weighted by molar-refractivity contribution is 5.95. The third kappa shape index (κ3) is 1.61. The molecule has 1 aromatic heterocycles. The molecule has 6 heteroatoms. The van der Waals surface area contributed by atoms with Gasteiger partial charge in [-0.1, -0.05) is 0 Å². The highest BCUT2D eigenvalue weighted by Gasteiger charge is 2.24. The van der Waals surface area contributed by atoms with Gasteiger partial charge in [-0.3, -0.25) is 18.7 Å². The van der Waals surface area contributed by atoms with Crippen LogP contribution in [0.2, 0.25) is 0 Å². The molecule has 1 aliphatic heterocycles. The summed E-state index contributed by atoms with van der Waals surface area (Å²) in [4.78, 5) is 35.3. The maximum absolute atomic E-state index is 12.0. The molecule has 0 spiro atoms. The van der Waals surface area contributed by atoms with E-state index in [0.717, 1.165) is 4.57 Å². The zero-order valence-electron chi connectivity index (χ0n) is 10.8. The molecule has 6 nitrogen and oxygen atoms in total. The number of hydrogen-bond acceptors (Lipinski definition) is 4. The van der Waals surface area contributed by atoms with Crippen molar-refractivity contribution in [2.45, 2.75) is 20.3 Å². The summed E-state index contributed by atoms with van der Waals surface area (Å²) >= 11 is 0. The predicted molar refractivity (Wildman–Crippen MR) is 67.6 cm³/mol. The van der Waals surface area contributed by atoms with E-state index in [-0.39, 0.29) is 23.5 Å². The summed E-state index contributed by atoms with van der Waals surface area (Å²) in [7, 11) is 3.03. The number of nitrogens with zero attached hydrogens (tertiary/aromatic N) is 2. The van der Waals surface area contributed by atoms with Crippen molar-refractivity contribution in [2.75, 3.05) is 5.32 Å². The Hall–Kier alpha value is -2.11. The summed E-state index contributed by atoms with van der Waals surface area (Å²) in [6.45, 7) is 3.24. The van der Waals surface area contributed by atoms with Crippen LogP contribution in [-0.2, 0) is 25.3 Å². The lowest BCUT2D eigenvalue weighted by atomic mass is 9.98. The van der Waals surface area contributed by atoms with Gasteiger partial charge in [0, 0.05) is 31.8 Å². The minimum absolute atomic E-state index is 0.0680. The van der Waals surface area contributed by atoms with E-state index >= 15 is 0 Å². The van der Waals surface area contributed by atoms with Gasteiger partial charge < -0.3 is 5.32 Å². The van der Waals surface area contributed by atoms with E-state index in [9.17, 15) is 14.4 Å². The van der Waals surface area contributed by atoms with Crippen molar-refractivity contribution in [1.82, 2.24) is 9.13 Å². The number of anilines is 1. The topological polar surface area (TPSA) is 73.1 Å². The SMILES string of the molecule is CC(=O)C1=C(C)Nc2c(c(=O)n(C)c(=O)n2C)C1. The Balaban J connectivity index is 2.74. The molecule has 2 heterocycles. The summed E-state index contributed by atoms with van der Waals surface area (Å²) in [5, 5.41) is 2.98. The quantitative estimate of drug-likeness (QED) is 0.755. The van der Waals surface area contributed by atoms with Gasteiger partial charge in [0.15, 0.2) is 5.78 Å². The molecule has 1 aliphatic rings. The van der Waals surface area contributed by atoms with Crippen molar-refractivity contribution in [3.8, 4) is 0 Å². The maximum Gasteiger partial charge on any atom is 0.332 e. The molecule has 0 aliphatic carbocycles. The van der Waals surface area contributed by atoms with E-state index in [4.69, 9.17) is 0 Å². The molecule has 0 saturated heterocycles. The van der Waals surface area contributed by atoms with E-state index in [1.165, 1.54) is 18.5 Å². The van der Waals surface area contributed by atoms with Crippen LogP contribution in [0.15, 0.2) is 20.9 Å². The van der Waals surface area contributed by atoms with Gasteiger partial charge >= 0.3 is 5.69 Å². The molecular formula is C12H15N3O3. The van der Waals surface area contributed by atoms with Crippen LogP contribution in [0.1, 0.15) is 19.4 Å². The number of carbonyl (C=O) groups is 1. The summed E-state index contributed by atoms with van der Waals surface area (Å²) in [5.74, 6) is 0.409. The van der Waals surface area contributed by atoms with Crippen molar-refractivity contribution < 1.29 is 4.79 Å². The molecule has 0 unspecified atom stereocenters. The number of nitrogens with one attached hydrogen (secondary N) is 1. The van der Waals surface area contributed by atoms with Gasteiger partial charge in [-0.2, -0.15) is 0 Å². The Kier molecular flexibility index (Phi) is 2.73. The average Bonchev–Trinajstić information content (AvgIpc) is 2.33. The molecule has 18 heavy (non-hydrogen) atoms. The first kappa shape index (κ1) is 12.3. The number of aromatic nitrogens is 2. The Morgan fingerprint density at radius 2 is 1.83 bits per heavy atom. The second kappa shape index (κ2) is 3.97. The monoisotopic (exact) mass is 249 g/mol. The molecule has 96 valence electrons. The van der Waals surface area contributed by atoms with Crippen LogP contribution >= 0.6 is 0 Å². The third-order valence-corrected chi connectivity index (χ3v) is 3.30. The highest BCUT2D eigenvalue weighted by Crippen LogP contribution is 2.23. The van der Waals surface area contributed by atoms with Gasteiger partial charge in [-0.25, -0.2) is 4.79 Å². The molecule has 0 fully saturated rings. The Labute approximate surface area is 104 Å². The Bertz CT molecular complexity index is 692. The third-order valence-electron chi connectivity index (χ3n) is 3.30. The lowest BCUT2D eigenvalue weighted by molar-refractivity contribution is -0.113. The molecule has 0 aromatic carbocycles.